The van der Waals surface area contributed by atoms with Crippen LogP contribution in [0.25, 0.3) is 22.4 Å². The number of nitrogens with one attached hydrogen (secondary N) is 1. The Bertz CT molecular complexity index is 774. The van der Waals surface area contributed by atoms with Crippen LogP contribution in [0.3, 0.4) is 0 Å². The molecule has 0 aliphatic carbocycles. The SMILES string of the molecule is Cc1ccc(-c2nc3ccc(C=O)cc3[nH]2)cc1N. The summed E-state index contributed by atoms with van der Waals surface area (Å²) >= 11 is 0. The van der Waals surface area contributed by atoms with E-state index in [0.717, 1.165) is 40.0 Å². The normalized spacial score (nSPS) is 10.8. The highest BCUT2D eigenvalue weighted by atomic mass is 16.1. The molecule has 3 aromatic rings. The zero-order chi connectivity index (χ0) is 13.4. The van der Waals surface area contributed by atoms with Gasteiger partial charge in [0.25, 0.3) is 0 Å². The summed E-state index contributed by atoms with van der Waals surface area (Å²) in [4.78, 5) is 18.5. The lowest BCUT2D eigenvalue weighted by atomic mass is 10.1. The summed E-state index contributed by atoms with van der Waals surface area (Å²) in [5, 5.41) is 0. The van der Waals surface area contributed by atoms with Gasteiger partial charge in [0.15, 0.2) is 0 Å². The number of aromatic amines is 1. The van der Waals surface area contributed by atoms with Gasteiger partial charge in [0, 0.05) is 16.8 Å². The number of anilines is 1. The summed E-state index contributed by atoms with van der Waals surface area (Å²) in [6.45, 7) is 1.97. The molecule has 4 nitrogen and oxygen atoms in total. The Labute approximate surface area is 110 Å². The van der Waals surface area contributed by atoms with Crippen LogP contribution in [0.1, 0.15) is 15.9 Å². The Balaban J connectivity index is 2.14. The molecule has 0 radical (unpaired) electrons. The van der Waals surface area contributed by atoms with E-state index in [4.69, 9.17) is 5.73 Å². The van der Waals surface area contributed by atoms with Gasteiger partial charge >= 0.3 is 0 Å². The van der Waals surface area contributed by atoms with Crippen LogP contribution in [0.5, 0.6) is 0 Å². The summed E-state index contributed by atoms with van der Waals surface area (Å²) in [7, 11) is 0. The van der Waals surface area contributed by atoms with Gasteiger partial charge in [0.05, 0.1) is 11.0 Å². The molecule has 0 aliphatic rings. The van der Waals surface area contributed by atoms with Crippen molar-refractivity contribution in [2.24, 2.45) is 0 Å². The maximum atomic E-state index is 10.8. The highest BCUT2D eigenvalue weighted by Crippen LogP contribution is 2.24. The van der Waals surface area contributed by atoms with Gasteiger partial charge in [-0.1, -0.05) is 12.1 Å². The number of aldehydes is 1. The molecule has 0 aliphatic heterocycles. The van der Waals surface area contributed by atoms with Crippen molar-refractivity contribution in [2.75, 3.05) is 5.73 Å². The molecule has 4 heteroatoms. The van der Waals surface area contributed by atoms with Gasteiger partial charge in [-0.3, -0.25) is 4.79 Å². The summed E-state index contributed by atoms with van der Waals surface area (Å²) in [5.74, 6) is 0.754. The number of H-pyrrole nitrogens is 1. The second-order valence-electron chi connectivity index (χ2n) is 4.55. The highest BCUT2D eigenvalue weighted by Gasteiger charge is 2.07. The number of imidazole rings is 1. The first-order chi connectivity index (χ1) is 9.17. The van der Waals surface area contributed by atoms with Crippen LogP contribution in [-0.4, -0.2) is 16.3 Å². The zero-order valence-corrected chi connectivity index (χ0v) is 10.5. The van der Waals surface area contributed by atoms with Crippen LogP contribution >= 0.6 is 0 Å². The standard InChI is InChI=1S/C15H13N3O/c1-9-2-4-11(7-12(9)16)15-17-13-5-3-10(8-19)6-14(13)18-15/h2-8H,16H2,1H3,(H,17,18). The number of nitrogens with two attached hydrogens (primary N) is 1. The topological polar surface area (TPSA) is 71.8 Å². The predicted octanol–water partition coefficient (Wildman–Crippen LogP) is 2.93. The number of carbonyl (C=O) groups is 1. The van der Waals surface area contributed by atoms with E-state index >= 15 is 0 Å². The Kier molecular flexibility index (Phi) is 2.56. The van der Waals surface area contributed by atoms with Crippen LogP contribution in [-0.2, 0) is 0 Å². The lowest BCUT2D eigenvalue weighted by molar-refractivity contribution is 0.112. The Morgan fingerprint density at radius 1 is 1.21 bits per heavy atom. The van der Waals surface area contributed by atoms with E-state index in [9.17, 15) is 4.79 Å². The summed E-state index contributed by atoms with van der Waals surface area (Å²) in [6.07, 6.45) is 0.823. The Morgan fingerprint density at radius 2 is 2.05 bits per heavy atom. The van der Waals surface area contributed by atoms with E-state index < -0.39 is 0 Å². The maximum absolute atomic E-state index is 10.8. The van der Waals surface area contributed by atoms with Crippen molar-refractivity contribution in [2.45, 2.75) is 6.92 Å². The minimum Gasteiger partial charge on any atom is -0.398 e. The molecule has 2 aromatic carbocycles. The number of hydrogen-bond acceptors (Lipinski definition) is 3. The molecule has 1 aromatic heterocycles. The molecule has 0 unspecified atom stereocenters. The van der Waals surface area contributed by atoms with E-state index in [1.54, 1.807) is 12.1 Å². The molecule has 1 heterocycles. The number of hydrogen-bond donors (Lipinski definition) is 2. The first kappa shape index (κ1) is 11.5. The first-order valence-corrected chi connectivity index (χ1v) is 5.99. The quantitative estimate of drug-likeness (QED) is 0.543. The highest BCUT2D eigenvalue weighted by molar-refractivity contribution is 5.86. The van der Waals surface area contributed by atoms with E-state index in [-0.39, 0.29) is 0 Å². The fourth-order valence-corrected chi connectivity index (χ4v) is 2.03. The fourth-order valence-electron chi connectivity index (χ4n) is 2.03. The Morgan fingerprint density at radius 3 is 2.79 bits per heavy atom. The lowest BCUT2D eigenvalue weighted by Crippen LogP contribution is -1.90. The van der Waals surface area contributed by atoms with Gasteiger partial charge in [-0.25, -0.2) is 4.98 Å². The molecule has 0 amide bonds. The van der Waals surface area contributed by atoms with E-state index in [1.165, 1.54) is 0 Å². The number of carbonyl (C=O) groups excluding carboxylic acids is 1. The third kappa shape index (κ3) is 1.97. The molecular formula is C15H13N3O. The molecule has 0 bridgehead atoms. The molecule has 0 saturated heterocycles. The third-order valence-electron chi connectivity index (χ3n) is 3.19. The molecule has 0 atom stereocenters. The number of aromatic nitrogens is 2. The van der Waals surface area contributed by atoms with Crippen molar-refractivity contribution in [1.82, 2.24) is 9.97 Å². The third-order valence-corrected chi connectivity index (χ3v) is 3.19. The minimum atomic E-state index is 0.631. The van der Waals surface area contributed by atoms with Gasteiger partial charge in [0.2, 0.25) is 0 Å². The molecule has 3 N–H and O–H groups in total. The maximum Gasteiger partial charge on any atom is 0.150 e. The average molecular weight is 251 g/mol. The van der Waals surface area contributed by atoms with Crippen molar-refractivity contribution in [3.05, 3.63) is 47.5 Å². The molecule has 19 heavy (non-hydrogen) atoms. The van der Waals surface area contributed by atoms with Crippen molar-refractivity contribution < 1.29 is 4.79 Å². The number of benzene rings is 2. The zero-order valence-electron chi connectivity index (χ0n) is 10.5. The van der Waals surface area contributed by atoms with Crippen molar-refractivity contribution in [1.29, 1.82) is 0 Å². The Hall–Kier alpha value is -2.62. The molecule has 0 fully saturated rings. The van der Waals surface area contributed by atoms with E-state index in [2.05, 4.69) is 9.97 Å². The molecule has 0 saturated carbocycles. The van der Waals surface area contributed by atoms with Gasteiger partial charge in [0.1, 0.15) is 12.1 Å². The molecule has 3 rings (SSSR count). The number of fused-ring (bicyclic) bond motifs is 1. The first-order valence-electron chi connectivity index (χ1n) is 5.99. The number of nitrogens with zero attached hydrogens (tertiary/aromatic N) is 1. The van der Waals surface area contributed by atoms with Crippen LogP contribution in [0.2, 0.25) is 0 Å². The van der Waals surface area contributed by atoms with Crippen LogP contribution < -0.4 is 5.73 Å². The molecule has 0 spiro atoms. The van der Waals surface area contributed by atoms with Crippen LogP contribution in [0.4, 0.5) is 5.69 Å². The minimum absolute atomic E-state index is 0.631. The van der Waals surface area contributed by atoms with Gasteiger partial charge < -0.3 is 10.7 Å². The second kappa shape index (κ2) is 4.24. The summed E-state index contributed by atoms with van der Waals surface area (Å²) in [6, 6.07) is 11.2. The van der Waals surface area contributed by atoms with Crippen LogP contribution in [0, 0.1) is 6.92 Å². The van der Waals surface area contributed by atoms with Crippen molar-refractivity contribution in [3.8, 4) is 11.4 Å². The van der Waals surface area contributed by atoms with Crippen LogP contribution in [0.15, 0.2) is 36.4 Å². The average Bonchev–Trinajstić information content (AvgIpc) is 2.84. The van der Waals surface area contributed by atoms with Gasteiger partial charge in [-0.15, -0.1) is 0 Å². The lowest BCUT2D eigenvalue weighted by Gasteiger charge is -2.01. The number of rotatable bonds is 2. The van der Waals surface area contributed by atoms with Gasteiger partial charge in [-0.05, 0) is 36.8 Å². The molecular weight excluding hydrogens is 238 g/mol. The van der Waals surface area contributed by atoms with Gasteiger partial charge in [-0.2, -0.15) is 0 Å². The molecule has 94 valence electrons. The van der Waals surface area contributed by atoms with E-state index in [0.29, 0.717) is 5.56 Å². The largest absolute Gasteiger partial charge is 0.398 e. The smallest absolute Gasteiger partial charge is 0.150 e. The number of aryl methyl sites for hydroxylation is 1. The summed E-state index contributed by atoms with van der Waals surface area (Å²) < 4.78 is 0. The predicted molar refractivity (Wildman–Crippen MR) is 76.1 cm³/mol. The van der Waals surface area contributed by atoms with Crippen molar-refractivity contribution >= 4 is 23.0 Å². The summed E-state index contributed by atoms with van der Waals surface area (Å²) in [5.41, 5.74) is 10.9. The monoisotopic (exact) mass is 251 g/mol. The van der Waals surface area contributed by atoms with Crippen molar-refractivity contribution in [3.63, 3.8) is 0 Å². The number of nitrogen functional groups attached to an aromatic ring is 1. The fraction of sp³-hybridized carbons (Fsp3) is 0.0667. The van der Waals surface area contributed by atoms with E-state index in [1.807, 2.05) is 31.2 Å². The second-order valence-corrected chi connectivity index (χ2v) is 4.55.